The molecule has 0 aliphatic heterocycles. The maximum Gasteiger partial charge on any atom is 0.141 e. The van der Waals surface area contributed by atoms with Gasteiger partial charge < -0.3 is 0 Å². The molecular weight excluding hydrogens is 222 g/mol. The average Bonchev–Trinajstić information content (AvgIpc) is 2.86. The maximum absolute atomic E-state index is 4.75. The molecule has 0 aliphatic carbocycles. The van der Waals surface area contributed by atoms with Gasteiger partial charge in [-0.2, -0.15) is 0 Å². The molecule has 0 saturated heterocycles. The monoisotopic (exact) mass is 237 g/mol. The molecule has 90 valence electrons. The topological polar surface area (TPSA) is 30.7 Å². The first-order valence-corrected chi connectivity index (χ1v) is 6.18. The molecule has 0 N–H and O–H groups in total. The van der Waals surface area contributed by atoms with Gasteiger partial charge in [0.1, 0.15) is 11.6 Å². The molecule has 1 aromatic carbocycles. The summed E-state index contributed by atoms with van der Waals surface area (Å²) in [5, 5.41) is 1.18. The van der Waals surface area contributed by atoms with Gasteiger partial charge in [0, 0.05) is 24.2 Å². The number of hydrogen-bond donors (Lipinski definition) is 0. The van der Waals surface area contributed by atoms with Crippen molar-refractivity contribution in [2.24, 2.45) is 0 Å². The first kappa shape index (κ1) is 11.0. The van der Waals surface area contributed by atoms with Crippen molar-refractivity contribution in [1.82, 2.24) is 14.5 Å². The normalized spacial score (nSPS) is 11.0. The molecule has 0 spiro atoms. The summed E-state index contributed by atoms with van der Waals surface area (Å²) in [5.74, 6) is 2.02. The summed E-state index contributed by atoms with van der Waals surface area (Å²) in [6, 6.07) is 10.4. The number of para-hydroxylation sites is 1. The van der Waals surface area contributed by atoms with Crippen LogP contribution in [0.2, 0.25) is 0 Å². The predicted molar refractivity (Wildman–Crippen MR) is 73.0 cm³/mol. The van der Waals surface area contributed by atoms with E-state index in [1.807, 2.05) is 30.6 Å². The molecule has 3 heteroatoms. The van der Waals surface area contributed by atoms with Gasteiger partial charge in [0.15, 0.2) is 0 Å². The van der Waals surface area contributed by atoms with Gasteiger partial charge in [0.2, 0.25) is 0 Å². The van der Waals surface area contributed by atoms with Gasteiger partial charge in [-0.15, -0.1) is 0 Å². The molecule has 3 aromatic rings. The highest BCUT2D eigenvalue weighted by atomic mass is 15.1. The lowest BCUT2D eigenvalue weighted by Crippen LogP contribution is -2.04. The second-order valence-corrected chi connectivity index (χ2v) is 4.39. The maximum atomic E-state index is 4.75. The fourth-order valence-corrected chi connectivity index (χ4v) is 2.24. The summed E-state index contributed by atoms with van der Waals surface area (Å²) in [4.78, 5) is 9.10. The van der Waals surface area contributed by atoms with Gasteiger partial charge in [-0.05, 0) is 24.6 Å². The molecule has 0 amide bonds. The fraction of sp³-hybridized carbons (Fsp3) is 0.200. The number of imidazole rings is 1. The summed E-state index contributed by atoms with van der Waals surface area (Å²) < 4.78 is 2.07. The molecule has 2 aromatic heterocycles. The lowest BCUT2D eigenvalue weighted by atomic mass is 10.1. The lowest BCUT2D eigenvalue weighted by Gasteiger charge is -2.10. The van der Waals surface area contributed by atoms with Crippen LogP contribution in [0.5, 0.6) is 0 Å². The average molecular weight is 237 g/mol. The number of rotatable bonds is 2. The van der Waals surface area contributed by atoms with E-state index in [9.17, 15) is 0 Å². The molecule has 0 atom stereocenters. The summed E-state index contributed by atoms with van der Waals surface area (Å²) in [6.07, 6.45) is 4.71. The van der Waals surface area contributed by atoms with Crippen molar-refractivity contribution in [1.29, 1.82) is 0 Å². The molecule has 0 radical (unpaired) electrons. The molecule has 3 nitrogen and oxygen atoms in total. The van der Waals surface area contributed by atoms with Crippen LogP contribution in [-0.4, -0.2) is 14.5 Å². The van der Waals surface area contributed by atoms with E-state index in [2.05, 4.69) is 35.5 Å². The Morgan fingerprint density at radius 1 is 1.22 bits per heavy atom. The number of hydrogen-bond acceptors (Lipinski definition) is 2. The fourth-order valence-electron chi connectivity index (χ4n) is 2.24. The van der Waals surface area contributed by atoms with Crippen LogP contribution < -0.4 is 0 Å². The van der Waals surface area contributed by atoms with Crippen LogP contribution in [-0.2, 0) is 6.42 Å². The number of aromatic nitrogens is 3. The van der Waals surface area contributed by atoms with E-state index >= 15 is 0 Å². The summed E-state index contributed by atoms with van der Waals surface area (Å²) >= 11 is 0. The molecule has 18 heavy (non-hydrogen) atoms. The summed E-state index contributed by atoms with van der Waals surface area (Å²) in [6.45, 7) is 4.20. The first-order chi connectivity index (χ1) is 8.79. The molecular formula is C15H15N3. The summed E-state index contributed by atoms with van der Waals surface area (Å²) in [5.41, 5.74) is 2.19. The molecule has 0 bridgehead atoms. The minimum atomic E-state index is 0.904. The quantitative estimate of drug-likeness (QED) is 0.684. The van der Waals surface area contributed by atoms with Crippen LogP contribution in [0.3, 0.4) is 0 Å². The van der Waals surface area contributed by atoms with Crippen molar-refractivity contribution >= 4 is 10.9 Å². The van der Waals surface area contributed by atoms with Crippen LogP contribution >= 0.6 is 0 Å². The van der Waals surface area contributed by atoms with E-state index in [1.54, 1.807) is 0 Å². The second kappa shape index (κ2) is 4.26. The Kier molecular flexibility index (Phi) is 2.59. The number of aryl methyl sites for hydroxylation is 2. The van der Waals surface area contributed by atoms with E-state index in [0.29, 0.717) is 0 Å². The zero-order valence-corrected chi connectivity index (χ0v) is 10.6. The number of pyridine rings is 1. The van der Waals surface area contributed by atoms with Gasteiger partial charge in [-0.3, -0.25) is 4.57 Å². The number of fused-ring (bicyclic) bond motifs is 1. The molecule has 0 saturated carbocycles. The standard InChI is InChI=1S/C15H15N3/c1-3-14-16-8-9-18(14)15-11(2)10-12-6-4-5-7-13(12)17-15/h4-10H,3H2,1-2H3. The smallest absolute Gasteiger partial charge is 0.141 e. The molecule has 0 aliphatic rings. The Morgan fingerprint density at radius 2 is 2.06 bits per heavy atom. The third-order valence-electron chi connectivity index (χ3n) is 3.15. The Hall–Kier alpha value is -2.16. The third-order valence-corrected chi connectivity index (χ3v) is 3.15. The van der Waals surface area contributed by atoms with Crippen LogP contribution in [0.1, 0.15) is 18.3 Å². The van der Waals surface area contributed by atoms with Gasteiger partial charge >= 0.3 is 0 Å². The van der Waals surface area contributed by atoms with Crippen molar-refractivity contribution in [3.05, 3.63) is 54.1 Å². The van der Waals surface area contributed by atoms with Crippen molar-refractivity contribution in [2.45, 2.75) is 20.3 Å². The van der Waals surface area contributed by atoms with E-state index in [1.165, 1.54) is 10.9 Å². The highest BCUT2D eigenvalue weighted by molar-refractivity contribution is 5.80. The minimum absolute atomic E-state index is 0.904. The first-order valence-electron chi connectivity index (χ1n) is 6.18. The number of benzene rings is 1. The Labute approximate surface area is 106 Å². The van der Waals surface area contributed by atoms with Crippen LogP contribution in [0, 0.1) is 6.92 Å². The zero-order valence-electron chi connectivity index (χ0n) is 10.6. The third kappa shape index (κ3) is 1.68. The Balaban J connectivity index is 2.26. The highest BCUT2D eigenvalue weighted by Gasteiger charge is 2.08. The van der Waals surface area contributed by atoms with Crippen LogP contribution in [0.25, 0.3) is 16.7 Å². The van der Waals surface area contributed by atoms with Gasteiger partial charge in [-0.25, -0.2) is 9.97 Å². The molecule has 0 fully saturated rings. The zero-order chi connectivity index (χ0) is 12.5. The van der Waals surface area contributed by atoms with Crippen molar-refractivity contribution in [3.63, 3.8) is 0 Å². The highest BCUT2D eigenvalue weighted by Crippen LogP contribution is 2.20. The summed E-state index contributed by atoms with van der Waals surface area (Å²) in [7, 11) is 0. The Morgan fingerprint density at radius 3 is 2.89 bits per heavy atom. The van der Waals surface area contributed by atoms with Gasteiger partial charge in [0.05, 0.1) is 5.52 Å². The van der Waals surface area contributed by atoms with Crippen molar-refractivity contribution < 1.29 is 0 Å². The van der Waals surface area contributed by atoms with E-state index < -0.39 is 0 Å². The second-order valence-electron chi connectivity index (χ2n) is 4.39. The van der Waals surface area contributed by atoms with Crippen molar-refractivity contribution in [3.8, 4) is 5.82 Å². The molecule has 0 unspecified atom stereocenters. The van der Waals surface area contributed by atoms with Crippen molar-refractivity contribution in [2.75, 3.05) is 0 Å². The molecule has 3 rings (SSSR count). The minimum Gasteiger partial charge on any atom is -0.288 e. The SMILES string of the molecule is CCc1nccn1-c1nc2ccccc2cc1C. The number of nitrogens with zero attached hydrogens (tertiary/aromatic N) is 3. The van der Waals surface area contributed by atoms with Crippen LogP contribution in [0.4, 0.5) is 0 Å². The van der Waals surface area contributed by atoms with Gasteiger partial charge in [0.25, 0.3) is 0 Å². The lowest BCUT2D eigenvalue weighted by molar-refractivity contribution is 0.865. The van der Waals surface area contributed by atoms with Crippen LogP contribution in [0.15, 0.2) is 42.7 Å². The van der Waals surface area contributed by atoms with E-state index in [0.717, 1.165) is 23.6 Å². The largest absolute Gasteiger partial charge is 0.288 e. The van der Waals surface area contributed by atoms with E-state index in [4.69, 9.17) is 4.98 Å². The Bertz CT molecular complexity index is 698. The molecule has 2 heterocycles. The van der Waals surface area contributed by atoms with Gasteiger partial charge in [-0.1, -0.05) is 25.1 Å². The predicted octanol–water partition coefficient (Wildman–Crippen LogP) is 3.29. The van der Waals surface area contributed by atoms with E-state index in [-0.39, 0.29) is 0 Å².